The Morgan fingerprint density at radius 1 is 1.00 bits per heavy atom. The molecule has 0 saturated carbocycles. The molecule has 2 aromatic rings. The van der Waals surface area contributed by atoms with E-state index in [1.54, 1.807) is 20.3 Å². The van der Waals surface area contributed by atoms with Gasteiger partial charge in [-0.3, -0.25) is 0 Å². The zero-order valence-corrected chi connectivity index (χ0v) is 12.8. The number of ether oxygens (including phenoxy) is 2. The van der Waals surface area contributed by atoms with E-state index in [9.17, 15) is 0 Å². The van der Waals surface area contributed by atoms with E-state index < -0.39 is 0 Å². The molecule has 3 nitrogen and oxygen atoms in total. The molecule has 0 bridgehead atoms. The molecule has 2 rings (SSSR count). The number of anilines is 1. The van der Waals surface area contributed by atoms with Crippen LogP contribution in [0.2, 0.25) is 10.0 Å². The summed E-state index contributed by atoms with van der Waals surface area (Å²) in [7, 11) is 3.23. The Morgan fingerprint density at radius 2 is 1.75 bits per heavy atom. The van der Waals surface area contributed by atoms with Crippen molar-refractivity contribution in [1.29, 1.82) is 0 Å². The maximum Gasteiger partial charge on any atom is 0.161 e. The lowest BCUT2D eigenvalue weighted by Gasteiger charge is -2.12. The smallest absolute Gasteiger partial charge is 0.161 e. The van der Waals surface area contributed by atoms with Gasteiger partial charge in [0.25, 0.3) is 0 Å². The number of hydrogen-bond donors (Lipinski definition) is 1. The number of halogens is 2. The van der Waals surface area contributed by atoms with Gasteiger partial charge in [0.2, 0.25) is 0 Å². The van der Waals surface area contributed by atoms with Crippen molar-refractivity contribution in [3.8, 4) is 11.5 Å². The summed E-state index contributed by atoms with van der Waals surface area (Å²) in [6.45, 7) is 0.612. The highest BCUT2D eigenvalue weighted by Crippen LogP contribution is 2.31. The van der Waals surface area contributed by atoms with Gasteiger partial charge >= 0.3 is 0 Å². The Kier molecular flexibility index (Phi) is 4.99. The third-order valence-corrected chi connectivity index (χ3v) is 3.70. The SMILES string of the molecule is COc1ccc(CNc2cccc(Cl)c2Cl)cc1OC. The molecule has 106 valence electrons. The minimum Gasteiger partial charge on any atom is -0.493 e. The van der Waals surface area contributed by atoms with Crippen LogP contribution in [0.3, 0.4) is 0 Å². The molecule has 0 heterocycles. The van der Waals surface area contributed by atoms with Crippen LogP contribution < -0.4 is 14.8 Å². The summed E-state index contributed by atoms with van der Waals surface area (Å²) in [5, 5.41) is 4.30. The Hall–Kier alpha value is -1.58. The second kappa shape index (κ2) is 6.73. The lowest BCUT2D eigenvalue weighted by Crippen LogP contribution is -2.01. The third-order valence-electron chi connectivity index (χ3n) is 2.88. The van der Waals surface area contributed by atoms with Crippen molar-refractivity contribution in [3.63, 3.8) is 0 Å². The van der Waals surface area contributed by atoms with Gasteiger partial charge < -0.3 is 14.8 Å². The van der Waals surface area contributed by atoms with Crippen LogP contribution >= 0.6 is 23.2 Å². The first kappa shape index (κ1) is 14.8. The first-order chi connectivity index (χ1) is 9.65. The van der Waals surface area contributed by atoms with Crippen LogP contribution in [0.1, 0.15) is 5.56 Å². The van der Waals surface area contributed by atoms with Gasteiger partial charge in [-0.25, -0.2) is 0 Å². The zero-order chi connectivity index (χ0) is 14.5. The molecule has 0 unspecified atom stereocenters. The van der Waals surface area contributed by atoms with Crippen molar-refractivity contribution in [3.05, 3.63) is 52.0 Å². The normalized spacial score (nSPS) is 10.2. The highest BCUT2D eigenvalue weighted by Gasteiger charge is 2.06. The molecule has 0 spiro atoms. The first-order valence-electron chi connectivity index (χ1n) is 6.04. The quantitative estimate of drug-likeness (QED) is 0.873. The van der Waals surface area contributed by atoms with E-state index in [0.717, 1.165) is 11.3 Å². The predicted octanol–water partition coefficient (Wildman–Crippen LogP) is 4.62. The van der Waals surface area contributed by atoms with Crippen LogP contribution in [-0.4, -0.2) is 14.2 Å². The minimum absolute atomic E-state index is 0.523. The Morgan fingerprint density at radius 3 is 2.45 bits per heavy atom. The summed E-state index contributed by atoms with van der Waals surface area (Å²) in [5.74, 6) is 1.40. The molecular weight excluding hydrogens is 297 g/mol. The van der Waals surface area contributed by atoms with Crippen LogP contribution in [0, 0.1) is 0 Å². The van der Waals surface area contributed by atoms with Gasteiger partial charge in [0.05, 0.1) is 30.0 Å². The largest absolute Gasteiger partial charge is 0.493 e. The van der Waals surface area contributed by atoms with Gasteiger partial charge in [0, 0.05) is 6.54 Å². The highest BCUT2D eigenvalue weighted by molar-refractivity contribution is 6.43. The van der Waals surface area contributed by atoms with Crippen LogP contribution in [0.15, 0.2) is 36.4 Å². The first-order valence-corrected chi connectivity index (χ1v) is 6.80. The molecule has 0 saturated heterocycles. The van der Waals surface area contributed by atoms with Gasteiger partial charge in [0.1, 0.15) is 0 Å². The highest BCUT2D eigenvalue weighted by atomic mass is 35.5. The molecule has 5 heteroatoms. The lowest BCUT2D eigenvalue weighted by atomic mass is 10.2. The van der Waals surface area contributed by atoms with Crippen molar-refractivity contribution in [1.82, 2.24) is 0 Å². The summed E-state index contributed by atoms with van der Waals surface area (Å²) in [6, 6.07) is 11.2. The molecule has 0 aliphatic heterocycles. The summed E-state index contributed by atoms with van der Waals surface area (Å²) in [4.78, 5) is 0. The average Bonchev–Trinajstić information content (AvgIpc) is 2.48. The molecule has 0 amide bonds. The van der Waals surface area contributed by atoms with Crippen molar-refractivity contribution in [2.45, 2.75) is 6.54 Å². The molecule has 0 aliphatic carbocycles. The summed E-state index contributed by atoms with van der Waals surface area (Å²) in [6.07, 6.45) is 0. The average molecular weight is 312 g/mol. The van der Waals surface area contributed by atoms with E-state index in [1.165, 1.54) is 0 Å². The number of rotatable bonds is 5. The van der Waals surface area contributed by atoms with Gasteiger partial charge in [0.15, 0.2) is 11.5 Å². The zero-order valence-electron chi connectivity index (χ0n) is 11.2. The van der Waals surface area contributed by atoms with Crippen molar-refractivity contribution >= 4 is 28.9 Å². The lowest BCUT2D eigenvalue weighted by molar-refractivity contribution is 0.354. The fourth-order valence-electron chi connectivity index (χ4n) is 1.83. The Bertz CT molecular complexity index is 602. The Labute approximate surface area is 128 Å². The standard InChI is InChI=1S/C15H15Cl2NO2/c1-19-13-7-6-10(8-14(13)20-2)9-18-12-5-3-4-11(16)15(12)17/h3-8,18H,9H2,1-2H3. The fourth-order valence-corrected chi connectivity index (χ4v) is 2.20. The number of nitrogens with one attached hydrogen (secondary N) is 1. The maximum absolute atomic E-state index is 6.13. The molecular formula is C15H15Cl2NO2. The molecule has 1 N–H and O–H groups in total. The summed E-state index contributed by atoms with van der Waals surface area (Å²) < 4.78 is 10.5. The van der Waals surface area contributed by atoms with Gasteiger partial charge in [-0.1, -0.05) is 35.3 Å². The number of hydrogen-bond acceptors (Lipinski definition) is 3. The van der Waals surface area contributed by atoms with Crippen LogP contribution in [0.25, 0.3) is 0 Å². The summed E-state index contributed by atoms with van der Waals surface area (Å²) in [5.41, 5.74) is 1.85. The molecule has 0 aromatic heterocycles. The van der Waals surface area contributed by atoms with E-state index in [-0.39, 0.29) is 0 Å². The molecule has 0 atom stereocenters. The Balaban J connectivity index is 2.13. The molecule has 2 aromatic carbocycles. The maximum atomic E-state index is 6.13. The van der Waals surface area contributed by atoms with E-state index in [4.69, 9.17) is 32.7 Å². The third kappa shape index (κ3) is 3.30. The topological polar surface area (TPSA) is 30.5 Å². The van der Waals surface area contributed by atoms with E-state index >= 15 is 0 Å². The number of methoxy groups -OCH3 is 2. The van der Waals surface area contributed by atoms with Gasteiger partial charge in [-0.15, -0.1) is 0 Å². The molecule has 0 fully saturated rings. The van der Waals surface area contributed by atoms with Crippen molar-refractivity contribution < 1.29 is 9.47 Å². The summed E-state index contributed by atoms with van der Waals surface area (Å²) >= 11 is 12.1. The van der Waals surface area contributed by atoms with E-state index in [2.05, 4.69) is 5.32 Å². The van der Waals surface area contributed by atoms with Crippen molar-refractivity contribution in [2.24, 2.45) is 0 Å². The van der Waals surface area contributed by atoms with Crippen LogP contribution in [0.4, 0.5) is 5.69 Å². The van der Waals surface area contributed by atoms with E-state index in [1.807, 2.05) is 30.3 Å². The molecule has 0 aliphatic rings. The second-order valence-electron chi connectivity index (χ2n) is 4.14. The molecule has 20 heavy (non-hydrogen) atoms. The monoisotopic (exact) mass is 311 g/mol. The molecule has 0 radical (unpaired) electrons. The number of benzene rings is 2. The van der Waals surface area contributed by atoms with Gasteiger partial charge in [-0.05, 0) is 29.8 Å². The minimum atomic E-state index is 0.523. The van der Waals surface area contributed by atoms with Crippen molar-refractivity contribution in [2.75, 3.05) is 19.5 Å². The van der Waals surface area contributed by atoms with Gasteiger partial charge in [-0.2, -0.15) is 0 Å². The predicted molar refractivity (Wildman–Crippen MR) is 83.3 cm³/mol. The van der Waals surface area contributed by atoms with Crippen LogP contribution in [-0.2, 0) is 6.54 Å². The van der Waals surface area contributed by atoms with Crippen LogP contribution in [0.5, 0.6) is 11.5 Å². The second-order valence-corrected chi connectivity index (χ2v) is 4.93. The fraction of sp³-hybridized carbons (Fsp3) is 0.200. The van der Waals surface area contributed by atoms with E-state index in [0.29, 0.717) is 28.1 Å².